The molecule has 1 aromatic rings. The Bertz CT molecular complexity index is 553. The maximum atomic E-state index is 13.1. The molecule has 2 unspecified atom stereocenters. The molecule has 0 spiro atoms. The molecule has 1 aliphatic rings. The molecule has 0 radical (unpaired) electrons. The van der Waals surface area contributed by atoms with Gasteiger partial charge in [0.15, 0.2) is 17.5 Å². The molecule has 1 amide bonds. The Kier molecular flexibility index (Phi) is 3.69. The van der Waals surface area contributed by atoms with Crippen molar-refractivity contribution in [1.29, 1.82) is 0 Å². The Labute approximate surface area is 112 Å². The van der Waals surface area contributed by atoms with Crippen LogP contribution >= 0.6 is 0 Å². The van der Waals surface area contributed by atoms with Crippen LogP contribution in [0.1, 0.15) is 23.7 Å². The van der Waals surface area contributed by atoms with Crippen LogP contribution in [0, 0.1) is 23.4 Å². The Balaban J connectivity index is 2.27. The highest BCUT2D eigenvalue weighted by Gasteiger charge is 2.38. The summed E-state index contributed by atoms with van der Waals surface area (Å²) in [5.74, 6) is -6.98. The molecule has 4 nitrogen and oxygen atoms in total. The van der Waals surface area contributed by atoms with Gasteiger partial charge in [-0.15, -0.1) is 0 Å². The van der Waals surface area contributed by atoms with Crippen LogP contribution < -0.4 is 0 Å². The molecule has 1 N–H and O–H groups in total. The fourth-order valence-corrected chi connectivity index (χ4v) is 2.40. The van der Waals surface area contributed by atoms with Crippen LogP contribution in [0.4, 0.5) is 13.2 Å². The van der Waals surface area contributed by atoms with E-state index in [2.05, 4.69) is 0 Å². The summed E-state index contributed by atoms with van der Waals surface area (Å²) in [5.41, 5.74) is -0.334. The summed E-state index contributed by atoms with van der Waals surface area (Å²) in [5, 5.41) is 8.97. The number of carbonyl (C=O) groups excluding carboxylic acids is 1. The van der Waals surface area contributed by atoms with Crippen molar-refractivity contribution in [1.82, 2.24) is 4.90 Å². The summed E-state index contributed by atoms with van der Waals surface area (Å²) >= 11 is 0. The number of carbonyl (C=O) groups is 2. The molecule has 2 rings (SSSR count). The van der Waals surface area contributed by atoms with Gasteiger partial charge in [0.1, 0.15) is 0 Å². The lowest BCUT2D eigenvalue weighted by Crippen LogP contribution is -2.37. The number of amides is 1. The zero-order valence-corrected chi connectivity index (χ0v) is 10.6. The monoisotopic (exact) mass is 287 g/mol. The predicted molar refractivity (Wildman–Crippen MR) is 62.6 cm³/mol. The SMILES string of the molecule is CC1C(C(=O)O)CCN1C(=O)c1cc(F)c(F)c(F)c1. The van der Waals surface area contributed by atoms with E-state index < -0.39 is 41.3 Å². The van der Waals surface area contributed by atoms with Crippen molar-refractivity contribution >= 4 is 11.9 Å². The van der Waals surface area contributed by atoms with Gasteiger partial charge in [0.05, 0.1) is 5.92 Å². The second-order valence-corrected chi connectivity index (χ2v) is 4.73. The molecule has 0 aliphatic carbocycles. The summed E-state index contributed by atoms with van der Waals surface area (Å²) in [6, 6.07) is 0.638. The Morgan fingerprint density at radius 1 is 1.25 bits per heavy atom. The van der Waals surface area contributed by atoms with E-state index in [-0.39, 0.29) is 18.5 Å². The number of hydrogen-bond donors (Lipinski definition) is 1. The highest BCUT2D eigenvalue weighted by molar-refractivity contribution is 5.95. The van der Waals surface area contributed by atoms with E-state index in [1.807, 2.05) is 0 Å². The highest BCUT2D eigenvalue weighted by Crippen LogP contribution is 2.26. The Hall–Kier alpha value is -2.05. The summed E-state index contributed by atoms with van der Waals surface area (Å²) in [4.78, 5) is 24.3. The van der Waals surface area contributed by atoms with E-state index in [1.54, 1.807) is 6.92 Å². The lowest BCUT2D eigenvalue weighted by Gasteiger charge is -2.23. The van der Waals surface area contributed by atoms with Crippen molar-refractivity contribution in [3.8, 4) is 0 Å². The van der Waals surface area contributed by atoms with Gasteiger partial charge in [0.25, 0.3) is 5.91 Å². The van der Waals surface area contributed by atoms with Crippen molar-refractivity contribution < 1.29 is 27.9 Å². The number of aliphatic carboxylic acids is 1. The highest BCUT2D eigenvalue weighted by atomic mass is 19.2. The van der Waals surface area contributed by atoms with Crippen molar-refractivity contribution in [2.24, 2.45) is 5.92 Å². The van der Waals surface area contributed by atoms with Crippen LogP contribution in [0.2, 0.25) is 0 Å². The minimum atomic E-state index is -1.64. The van der Waals surface area contributed by atoms with E-state index in [1.165, 1.54) is 4.90 Å². The van der Waals surface area contributed by atoms with Gasteiger partial charge in [-0.05, 0) is 25.5 Å². The Morgan fingerprint density at radius 3 is 2.25 bits per heavy atom. The van der Waals surface area contributed by atoms with E-state index in [0.29, 0.717) is 12.1 Å². The average molecular weight is 287 g/mol. The van der Waals surface area contributed by atoms with Crippen molar-refractivity contribution in [2.75, 3.05) is 6.54 Å². The fourth-order valence-electron chi connectivity index (χ4n) is 2.40. The first kappa shape index (κ1) is 14.4. The molecule has 1 heterocycles. The number of halogens is 3. The molecule has 20 heavy (non-hydrogen) atoms. The minimum absolute atomic E-state index is 0.178. The molecule has 0 bridgehead atoms. The molecule has 2 atom stereocenters. The lowest BCUT2D eigenvalue weighted by atomic mass is 10.0. The summed E-state index contributed by atoms with van der Waals surface area (Å²) in [6.45, 7) is 1.73. The van der Waals surface area contributed by atoms with Gasteiger partial charge >= 0.3 is 5.97 Å². The van der Waals surface area contributed by atoms with Crippen LogP contribution in [-0.2, 0) is 4.79 Å². The number of benzene rings is 1. The van der Waals surface area contributed by atoms with E-state index in [0.717, 1.165) is 0 Å². The standard InChI is InChI=1S/C13H12F3NO3/c1-6-8(13(19)20)2-3-17(6)12(18)7-4-9(14)11(16)10(15)5-7/h4-6,8H,2-3H2,1H3,(H,19,20). The second-order valence-electron chi connectivity index (χ2n) is 4.73. The van der Waals surface area contributed by atoms with Crippen LogP contribution in [0.15, 0.2) is 12.1 Å². The van der Waals surface area contributed by atoms with Crippen LogP contribution in [0.5, 0.6) is 0 Å². The normalized spacial score (nSPS) is 22.1. The number of nitrogens with zero attached hydrogens (tertiary/aromatic N) is 1. The summed E-state index contributed by atoms with van der Waals surface area (Å²) in [7, 11) is 0. The first-order valence-corrected chi connectivity index (χ1v) is 6.01. The largest absolute Gasteiger partial charge is 0.481 e. The van der Waals surface area contributed by atoms with E-state index >= 15 is 0 Å². The molecular formula is C13H12F3NO3. The van der Waals surface area contributed by atoms with Gasteiger partial charge in [-0.1, -0.05) is 0 Å². The molecule has 7 heteroatoms. The van der Waals surface area contributed by atoms with E-state index in [4.69, 9.17) is 5.11 Å². The minimum Gasteiger partial charge on any atom is -0.481 e. The zero-order valence-electron chi connectivity index (χ0n) is 10.6. The molecule has 1 aromatic carbocycles. The topological polar surface area (TPSA) is 57.6 Å². The van der Waals surface area contributed by atoms with Gasteiger partial charge in [-0.25, -0.2) is 13.2 Å². The Morgan fingerprint density at radius 2 is 1.80 bits per heavy atom. The number of carboxylic acids is 1. The number of carboxylic acid groups (broad SMARTS) is 1. The van der Waals surface area contributed by atoms with Gasteiger partial charge in [-0.3, -0.25) is 9.59 Å². The molecule has 0 saturated carbocycles. The zero-order chi connectivity index (χ0) is 15.0. The van der Waals surface area contributed by atoms with Crippen LogP contribution in [0.3, 0.4) is 0 Å². The number of rotatable bonds is 2. The van der Waals surface area contributed by atoms with Gasteiger partial charge in [0, 0.05) is 18.2 Å². The maximum Gasteiger partial charge on any atom is 0.308 e. The third-order valence-electron chi connectivity index (χ3n) is 3.56. The molecule has 1 saturated heterocycles. The number of likely N-dealkylation sites (tertiary alicyclic amines) is 1. The maximum absolute atomic E-state index is 13.1. The van der Waals surface area contributed by atoms with E-state index in [9.17, 15) is 22.8 Å². The first-order valence-electron chi connectivity index (χ1n) is 6.01. The van der Waals surface area contributed by atoms with Gasteiger partial charge in [0.2, 0.25) is 0 Å². The molecule has 108 valence electrons. The quantitative estimate of drug-likeness (QED) is 0.847. The summed E-state index contributed by atoms with van der Waals surface area (Å²) in [6.07, 6.45) is 0.272. The van der Waals surface area contributed by atoms with Crippen LogP contribution in [-0.4, -0.2) is 34.5 Å². The van der Waals surface area contributed by atoms with Gasteiger partial charge in [-0.2, -0.15) is 0 Å². The lowest BCUT2D eigenvalue weighted by molar-refractivity contribution is -0.142. The third-order valence-corrected chi connectivity index (χ3v) is 3.56. The molecule has 0 aromatic heterocycles. The predicted octanol–water partition coefficient (Wildman–Crippen LogP) is 2.04. The average Bonchev–Trinajstić information content (AvgIpc) is 2.76. The number of hydrogen-bond acceptors (Lipinski definition) is 2. The van der Waals surface area contributed by atoms with Crippen molar-refractivity contribution in [2.45, 2.75) is 19.4 Å². The van der Waals surface area contributed by atoms with Crippen molar-refractivity contribution in [3.05, 3.63) is 35.1 Å². The fraction of sp³-hybridized carbons (Fsp3) is 0.385. The molecule has 1 aliphatic heterocycles. The second kappa shape index (κ2) is 5.15. The smallest absolute Gasteiger partial charge is 0.308 e. The third kappa shape index (κ3) is 2.35. The molecule has 1 fully saturated rings. The van der Waals surface area contributed by atoms with Crippen molar-refractivity contribution in [3.63, 3.8) is 0 Å². The first-order chi connectivity index (χ1) is 9.32. The van der Waals surface area contributed by atoms with Crippen LogP contribution in [0.25, 0.3) is 0 Å². The summed E-state index contributed by atoms with van der Waals surface area (Å²) < 4.78 is 39.1. The molecular weight excluding hydrogens is 275 g/mol. The van der Waals surface area contributed by atoms with Gasteiger partial charge < -0.3 is 10.0 Å².